The van der Waals surface area contributed by atoms with Gasteiger partial charge in [-0.15, -0.1) is 11.8 Å². The van der Waals surface area contributed by atoms with Gasteiger partial charge in [-0.1, -0.05) is 23.2 Å². The van der Waals surface area contributed by atoms with E-state index in [0.29, 0.717) is 6.04 Å². The number of rotatable bonds is 6. The summed E-state index contributed by atoms with van der Waals surface area (Å²) in [5.41, 5.74) is 0. The molecule has 2 rings (SSSR count). The fraction of sp³-hybridized carbons (Fsp3) is 0.571. The lowest BCUT2D eigenvalue weighted by molar-refractivity contribution is 0.317. The van der Waals surface area contributed by atoms with Gasteiger partial charge in [0.25, 0.3) is 0 Å². The van der Waals surface area contributed by atoms with Crippen LogP contribution in [0.3, 0.4) is 0 Å². The zero-order valence-electron chi connectivity index (χ0n) is 11.2. The minimum atomic E-state index is 0.671. The zero-order valence-corrected chi connectivity index (χ0v) is 13.5. The Morgan fingerprint density at radius 2 is 2.26 bits per heavy atom. The van der Waals surface area contributed by atoms with Crippen LogP contribution in [0.1, 0.15) is 12.8 Å². The second-order valence-corrected chi connectivity index (χ2v) is 6.96. The van der Waals surface area contributed by atoms with Gasteiger partial charge in [0, 0.05) is 34.8 Å². The molecule has 0 aliphatic carbocycles. The molecule has 2 nitrogen and oxygen atoms in total. The van der Waals surface area contributed by atoms with E-state index in [1.54, 1.807) is 11.8 Å². The van der Waals surface area contributed by atoms with Crippen molar-refractivity contribution < 1.29 is 0 Å². The molecule has 1 heterocycles. The number of likely N-dealkylation sites (N-methyl/N-ethyl adjacent to an activating group) is 1. The van der Waals surface area contributed by atoms with Crippen LogP contribution in [0.5, 0.6) is 0 Å². The van der Waals surface area contributed by atoms with Crippen molar-refractivity contribution in [3.8, 4) is 0 Å². The van der Waals surface area contributed by atoms with Crippen LogP contribution in [0.15, 0.2) is 23.1 Å². The van der Waals surface area contributed by atoms with E-state index in [1.807, 2.05) is 18.2 Å². The topological polar surface area (TPSA) is 15.3 Å². The van der Waals surface area contributed by atoms with Crippen molar-refractivity contribution >= 4 is 35.0 Å². The van der Waals surface area contributed by atoms with Crippen LogP contribution in [0.2, 0.25) is 10.0 Å². The number of benzene rings is 1. The maximum absolute atomic E-state index is 6.15. The average Bonchev–Trinajstić information content (AvgIpc) is 2.86. The van der Waals surface area contributed by atoms with Crippen molar-refractivity contribution in [2.24, 2.45) is 0 Å². The van der Waals surface area contributed by atoms with E-state index in [4.69, 9.17) is 23.2 Å². The standard InChI is InChI=1S/C14H20Cl2N2S/c1-18(10-12-3-2-6-17-12)7-8-19-14-9-11(15)4-5-13(14)16/h4-5,9,12,17H,2-3,6-8,10H2,1H3. The lowest BCUT2D eigenvalue weighted by Gasteiger charge is -2.20. The molecule has 5 heteroatoms. The first-order chi connectivity index (χ1) is 9.15. The maximum Gasteiger partial charge on any atom is 0.0542 e. The third-order valence-corrected chi connectivity index (χ3v) is 5.03. The highest BCUT2D eigenvalue weighted by molar-refractivity contribution is 7.99. The monoisotopic (exact) mass is 318 g/mol. The molecule has 106 valence electrons. The second-order valence-electron chi connectivity index (χ2n) is 4.98. The largest absolute Gasteiger partial charge is 0.313 e. The first kappa shape index (κ1) is 15.5. The summed E-state index contributed by atoms with van der Waals surface area (Å²) in [4.78, 5) is 3.45. The maximum atomic E-state index is 6.15. The molecule has 1 fully saturated rings. The lowest BCUT2D eigenvalue weighted by atomic mass is 10.2. The molecule has 0 spiro atoms. The van der Waals surface area contributed by atoms with Crippen molar-refractivity contribution in [3.63, 3.8) is 0 Å². The van der Waals surface area contributed by atoms with Crippen molar-refractivity contribution in [3.05, 3.63) is 28.2 Å². The summed E-state index contributed by atoms with van der Waals surface area (Å²) in [6.07, 6.45) is 2.61. The summed E-state index contributed by atoms with van der Waals surface area (Å²) < 4.78 is 0. The Morgan fingerprint density at radius 3 is 3.00 bits per heavy atom. The van der Waals surface area contributed by atoms with Gasteiger partial charge < -0.3 is 10.2 Å². The van der Waals surface area contributed by atoms with Crippen LogP contribution < -0.4 is 5.32 Å². The van der Waals surface area contributed by atoms with E-state index in [0.717, 1.165) is 33.8 Å². The van der Waals surface area contributed by atoms with Gasteiger partial charge in [-0.2, -0.15) is 0 Å². The molecule has 0 amide bonds. The van der Waals surface area contributed by atoms with Crippen molar-refractivity contribution in [1.29, 1.82) is 0 Å². The van der Waals surface area contributed by atoms with Gasteiger partial charge in [-0.05, 0) is 44.6 Å². The third-order valence-electron chi connectivity index (χ3n) is 3.32. The number of thioether (sulfide) groups is 1. The van der Waals surface area contributed by atoms with E-state index >= 15 is 0 Å². The summed E-state index contributed by atoms with van der Waals surface area (Å²) >= 11 is 13.9. The van der Waals surface area contributed by atoms with Crippen LogP contribution in [0.25, 0.3) is 0 Å². The Hall–Kier alpha value is 0.0700. The van der Waals surface area contributed by atoms with Crippen molar-refractivity contribution in [2.75, 3.05) is 32.4 Å². The molecule has 19 heavy (non-hydrogen) atoms. The van der Waals surface area contributed by atoms with Gasteiger partial charge in [0.05, 0.1) is 5.02 Å². The fourth-order valence-corrected chi connectivity index (χ4v) is 3.84. The molecule has 1 N–H and O–H groups in total. The first-order valence-corrected chi connectivity index (χ1v) is 8.39. The molecule has 1 aliphatic rings. The van der Waals surface area contributed by atoms with Crippen molar-refractivity contribution in [1.82, 2.24) is 10.2 Å². The number of nitrogens with zero attached hydrogens (tertiary/aromatic N) is 1. The van der Waals surface area contributed by atoms with Gasteiger partial charge in [-0.3, -0.25) is 0 Å². The van der Waals surface area contributed by atoms with Gasteiger partial charge in [0.1, 0.15) is 0 Å². The number of hydrogen-bond donors (Lipinski definition) is 1. The molecule has 0 saturated carbocycles. The number of hydrogen-bond acceptors (Lipinski definition) is 3. The molecule has 1 atom stereocenters. The highest BCUT2D eigenvalue weighted by Gasteiger charge is 2.15. The first-order valence-electron chi connectivity index (χ1n) is 6.65. The van der Waals surface area contributed by atoms with E-state index in [9.17, 15) is 0 Å². The number of halogens is 2. The van der Waals surface area contributed by atoms with E-state index in [-0.39, 0.29) is 0 Å². The Balaban J connectivity index is 1.71. The third kappa shape index (κ3) is 5.16. The van der Waals surface area contributed by atoms with Crippen LogP contribution >= 0.6 is 35.0 Å². The molecular weight excluding hydrogens is 299 g/mol. The summed E-state index contributed by atoms with van der Waals surface area (Å²) in [5.74, 6) is 1.03. The molecular formula is C14H20Cl2N2S. The Bertz CT molecular complexity index is 408. The summed E-state index contributed by atoms with van der Waals surface area (Å²) in [6, 6.07) is 6.29. The molecule has 1 saturated heterocycles. The quantitative estimate of drug-likeness (QED) is 0.804. The fourth-order valence-electron chi connectivity index (χ4n) is 2.28. The molecule has 0 bridgehead atoms. The number of nitrogens with one attached hydrogen (secondary N) is 1. The lowest BCUT2D eigenvalue weighted by Crippen LogP contribution is -2.36. The molecule has 1 aromatic carbocycles. The van der Waals surface area contributed by atoms with E-state index < -0.39 is 0 Å². The predicted octanol–water partition coefficient (Wildman–Crippen LogP) is 3.77. The van der Waals surface area contributed by atoms with Gasteiger partial charge in [0.2, 0.25) is 0 Å². The molecule has 0 aromatic heterocycles. The van der Waals surface area contributed by atoms with Crippen molar-refractivity contribution in [2.45, 2.75) is 23.8 Å². The minimum Gasteiger partial charge on any atom is -0.313 e. The molecule has 0 radical (unpaired) electrons. The Labute approximate surface area is 129 Å². The zero-order chi connectivity index (χ0) is 13.7. The average molecular weight is 319 g/mol. The van der Waals surface area contributed by atoms with E-state index in [2.05, 4.69) is 17.3 Å². The SMILES string of the molecule is CN(CCSc1cc(Cl)ccc1Cl)CC1CCCN1. The Kier molecular flexibility index (Phi) is 6.30. The van der Waals surface area contributed by atoms with Crippen LogP contribution in [-0.2, 0) is 0 Å². The summed E-state index contributed by atoms with van der Waals surface area (Å²) in [5, 5.41) is 5.06. The second kappa shape index (κ2) is 7.75. The molecule has 1 aliphatic heterocycles. The normalized spacial score (nSPS) is 19.3. The minimum absolute atomic E-state index is 0.671. The highest BCUT2D eigenvalue weighted by atomic mass is 35.5. The van der Waals surface area contributed by atoms with E-state index in [1.165, 1.54) is 19.4 Å². The summed E-state index contributed by atoms with van der Waals surface area (Å²) in [7, 11) is 2.18. The Morgan fingerprint density at radius 1 is 1.42 bits per heavy atom. The highest BCUT2D eigenvalue weighted by Crippen LogP contribution is 2.29. The van der Waals surface area contributed by atoms with Crippen LogP contribution in [0.4, 0.5) is 0 Å². The van der Waals surface area contributed by atoms with Gasteiger partial charge in [0.15, 0.2) is 0 Å². The van der Waals surface area contributed by atoms with Gasteiger partial charge >= 0.3 is 0 Å². The smallest absolute Gasteiger partial charge is 0.0542 e. The molecule has 1 aromatic rings. The van der Waals surface area contributed by atoms with Crippen LogP contribution in [-0.4, -0.2) is 43.4 Å². The molecule has 1 unspecified atom stereocenters. The van der Waals surface area contributed by atoms with Crippen LogP contribution in [0, 0.1) is 0 Å². The summed E-state index contributed by atoms with van der Waals surface area (Å²) in [6.45, 7) is 3.36. The predicted molar refractivity (Wildman–Crippen MR) is 85.7 cm³/mol. The van der Waals surface area contributed by atoms with Gasteiger partial charge in [-0.25, -0.2) is 0 Å².